The van der Waals surface area contributed by atoms with Crippen molar-refractivity contribution >= 4 is 34.7 Å². The van der Waals surface area contributed by atoms with Crippen LogP contribution in [0.15, 0.2) is 18.2 Å². The summed E-state index contributed by atoms with van der Waals surface area (Å²) >= 11 is 10.7. The van der Waals surface area contributed by atoms with Crippen molar-refractivity contribution in [2.45, 2.75) is 26.2 Å². The van der Waals surface area contributed by atoms with Crippen LogP contribution in [-0.4, -0.2) is 17.4 Å². The predicted octanol–water partition coefficient (Wildman–Crippen LogP) is 2.83. The van der Waals surface area contributed by atoms with Gasteiger partial charge in [0.25, 0.3) is 5.91 Å². The van der Waals surface area contributed by atoms with Gasteiger partial charge in [0, 0.05) is 17.1 Å². The Labute approximate surface area is 118 Å². The molecule has 0 aliphatic carbocycles. The van der Waals surface area contributed by atoms with Gasteiger partial charge in [-0.2, -0.15) is 0 Å². The highest BCUT2D eigenvalue weighted by Gasteiger charge is 2.06. The summed E-state index contributed by atoms with van der Waals surface area (Å²) in [5.74, 6) is -0.0786. The van der Waals surface area contributed by atoms with Crippen LogP contribution in [0.1, 0.15) is 35.2 Å². The number of aryl methyl sites for hydroxylation is 1. The van der Waals surface area contributed by atoms with Gasteiger partial charge in [-0.15, -0.1) is 0 Å². The number of halogens is 1. The van der Waals surface area contributed by atoms with E-state index in [9.17, 15) is 4.79 Å². The van der Waals surface area contributed by atoms with E-state index in [2.05, 4.69) is 5.32 Å². The molecule has 3 N–H and O–H groups in total. The van der Waals surface area contributed by atoms with Gasteiger partial charge in [-0.25, -0.2) is 0 Å². The van der Waals surface area contributed by atoms with Crippen LogP contribution in [0.4, 0.5) is 0 Å². The third-order valence-electron chi connectivity index (χ3n) is 2.56. The Morgan fingerprint density at radius 3 is 2.78 bits per heavy atom. The smallest absolute Gasteiger partial charge is 0.251 e. The number of unbranched alkanes of at least 4 members (excludes halogenated alkanes) is 1. The number of nitrogens with one attached hydrogen (secondary N) is 1. The minimum atomic E-state index is -0.0786. The van der Waals surface area contributed by atoms with Gasteiger partial charge >= 0.3 is 0 Å². The maximum absolute atomic E-state index is 11.8. The first-order valence-corrected chi connectivity index (χ1v) is 6.62. The third-order valence-corrected chi connectivity index (χ3v) is 3.18. The van der Waals surface area contributed by atoms with E-state index in [1.807, 2.05) is 6.92 Å². The molecular formula is C13H17ClN2OS. The number of rotatable bonds is 6. The summed E-state index contributed by atoms with van der Waals surface area (Å²) in [5.41, 5.74) is 6.92. The number of thiocarbonyl (C=S) groups is 1. The zero-order chi connectivity index (χ0) is 13.5. The van der Waals surface area contributed by atoms with E-state index in [1.165, 1.54) is 0 Å². The fourth-order valence-electron chi connectivity index (χ4n) is 1.51. The molecule has 0 atom stereocenters. The van der Waals surface area contributed by atoms with Crippen LogP contribution in [-0.2, 0) is 0 Å². The summed E-state index contributed by atoms with van der Waals surface area (Å²) in [7, 11) is 0. The van der Waals surface area contributed by atoms with Crippen molar-refractivity contribution in [3.63, 3.8) is 0 Å². The van der Waals surface area contributed by atoms with Crippen LogP contribution >= 0.6 is 23.8 Å². The van der Waals surface area contributed by atoms with Crippen LogP contribution in [0.2, 0.25) is 5.02 Å². The number of carbonyl (C=O) groups is 1. The zero-order valence-electron chi connectivity index (χ0n) is 10.3. The molecule has 0 aliphatic heterocycles. The topological polar surface area (TPSA) is 55.1 Å². The minimum absolute atomic E-state index is 0.0786. The average Bonchev–Trinajstić information content (AvgIpc) is 2.31. The highest BCUT2D eigenvalue weighted by Crippen LogP contribution is 2.16. The number of hydrogen-bond donors (Lipinski definition) is 2. The Hall–Kier alpha value is -1.13. The van der Waals surface area contributed by atoms with E-state index >= 15 is 0 Å². The number of benzene rings is 1. The molecule has 0 aliphatic rings. The molecule has 0 aromatic heterocycles. The molecule has 0 bridgehead atoms. The summed E-state index contributed by atoms with van der Waals surface area (Å²) in [6.07, 6.45) is 2.50. The van der Waals surface area contributed by atoms with Crippen LogP contribution < -0.4 is 11.1 Å². The van der Waals surface area contributed by atoms with Gasteiger partial charge in [0.1, 0.15) is 0 Å². The largest absolute Gasteiger partial charge is 0.393 e. The molecule has 18 heavy (non-hydrogen) atoms. The second kappa shape index (κ2) is 7.34. The molecule has 1 aromatic carbocycles. The second-order valence-corrected chi connectivity index (χ2v) is 5.07. The quantitative estimate of drug-likeness (QED) is 0.624. The molecule has 0 heterocycles. The van der Waals surface area contributed by atoms with Gasteiger partial charge in [-0.05, 0) is 49.9 Å². The molecule has 0 unspecified atom stereocenters. The van der Waals surface area contributed by atoms with Crippen molar-refractivity contribution in [1.29, 1.82) is 0 Å². The lowest BCUT2D eigenvalue weighted by atomic mass is 10.1. The summed E-state index contributed by atoms with van der Waals surface area (Å²) < 4.78 is 0. The van der Waals surface area contributed by atoms with Crippen molar-refractivity contribution in [1.82, 2.24) is 5.32 Å². The van der Waals surface area contributed by atoms with E-state index in [0.29, 0.717) is 22.1 Å². The molecule has 98 valence electrons. The van der Waals surface area contributed by atoms with Gasteiger partial charge in [-0.3, -0.25) is 4.79 Å². The first-order chi connectivity index (χ1) is 8.50. The first-order valence-electron chi connectivity index (χ1n) is 5.83. The Bertz CT molecular complexity index is 449. The van der Waals surface area contributed by atoms with Gasteiger partial charge in [0.2, 0.25) is 0 Å². The van der Waals surface area contributed by atoms with E-state index in [-0.39, 0.29) is 5.91 Å². The summed E-state index contributed by atoms with van der Waals surface area (Å²) in [5, 5.41) is 3.52. The molecule has 0 radical (unpaired) electrons. The van der Waals surface area contributed by atoms with E-state index in [1.54, 1.807) is 18.2 Å². The summed E-state index contributed by atoms with van der Waals surface area (Å²) in [6.45, 7) is 2.50. The molecule has 0 saturated carbocycles. The number of nitrogens with two attached hydrogens (primary N) is 1. The molecule has 5 heteroatoms. The van der Waals surface area contributed by atoms with Gasteiger partial charge in [-0.1, -0.05) is 23.8 Å². The van der Waals surface area contributed by atoms with Crippen molar-refractivity contribution in [2.75, 3.05) is 6.54 Å². The number of hydrogen-bond acceptors (Lipinski definition) is 2. The van der Waals surface area contributed by atoms with Gasteiger partial charge < -0.3 is 11.1 Å². The van der Waals surface area contributed by atoms with Gasteiger partial charge in [0.05, 0.1) is 4.99 Å². The second-order valence-electron chi connectivity index (χ2n) is 4.14. The third kappa shape index (κ3) is 5.02. The van der Waals surface area contributed by atoms with Crippen LogP contribution in [0.25, 0.3) is 0 Å². The lowest BCUT2D eigenvalue weighted by molar-refractivity contribution is 0.0953. The normalized spacial score (nSPS) is 10.1. The predicted molar refractivity (Wildman–Crippen MR) is 79.2 cm³/mol. The molecular weight excluding hydrogens is 268 g/mol. The minimum Gasteiger partial charge on any atom is -0.393 e. The number of amides is 1. The highest BCUT2D eigenvalue weighted by molar-refractivity contribution is 7.80. The Kier molecular flexibility index (Phi) is 6.09. The Morgan fingerprint density at radius 1 is 1.44 bits per heavy atom. The van der Waals surface area contributed by atoms with Crippen molar-refractivity contribution in [2.24, 2.45) is 5.73 Å². The average molecular weight is 285 g/mol. The van der Waals surface area contributed by atoms with Crippen molar-refractivity contribution in [3.8, 4) is 0 Å². The maximum atomic E-state index is 11.8. The lowest BCUT2D eigenvalue weighted by Gasteiger charge is -2.06. The lowest BCUT2D eigenvalue weighted by Crippen LogP contribution is -2.24. The van der Waals surface area contributed by atoms with E-state index in [4.69, 9.17) is 29.6 Å². The monoisotopic (exact) mass is 284 g/mol. The summed E-state index contributed by atoms with van der Waals surface area (Å²) in [4.78, 5) is 12.3. The molecule has 3 nitrogen and oxygen atoms in total. The fraction of sp³-hybridized carbons (Fsp3) is 0.385. The molecule has 1 amide bonds. The summed E-state index contributed by atoms with van der Waals surface area (Å²) in [6, 6.07) is 5.24. The van der Waals surface area contributed by atoms with Crippen molar-refractivity contribution < 1.29 is 4.79 Å². The van der Waals surface area contributed by atoms with Crippen molar-refractivity contribution in [3.05, 3.63) is 34.3 Å². The molecule has 1 aromatic rings. The SMILES string of the molecule is Cc1cc(C(=O)NCCCCC(N)=S)ccc1Cl. The van der Waals surface area contributed by atoms with E-state index in [0.717, 1.165) is 24.8 Å². The molecule has 0 saturated heterocycles. The molecule has 0 fully saturated rings. The Morgan fingerprint density at radius 2 is 2.17 bits per heavy atom. The van der Waals surface area contributed by atoms with E-state index < -0.39 is 0 Å². The maximum Gasteiger partial charge on any atom is 0.251 e. The highest BCUT2D eigenvalue weighted by atomic mass is 35.5. The fourth-order valence-corrected chi connectivity index (χ4v) is 1.78. The van der Waals surface area contributed by atoms with Crippen LogP contribution in [0.5, 0.6) is 0 Å². The first kappa shape index (κ1) is 14.9. The van der Waals surface area contributed by atoms with Crippen LogP contribution in [0, 0.1) is 6.92 Å². The van der Waals surface area contributed by atoms with Gasteiger partial charge in [0.15, 0.2) is 0 Å². The Balaban J connectivity index is 2.36. The zero-order valence-corrected chi connectivity index (χ0v) is 11.9. The molecule has 1 rings (SSSR count). The standard InChI is InChI=1S/C13H17ClN2OS/c1-9-8-10(5-6-11(9)14)13(17)16-7-3-2-4-12(15)18/h5-6,8H,2-4,7H2,1H3,(H2,15,18)(H,16,17). The van der Waals surface area contributed by atoms with Crippen LogP contribution in [0.3, 0.4) is 0 Å². The number of carbonyl (C=O) groups excluding carboxylic acids is 1. The molecule has 0 spiro atoms.